The standard InChI is InChI=1S/C18H19N3O3/c1-13-9-14(2)11-15(10-13)21(8-4-6-19)17(22)12-24-18(23)16-5-3-7-20-16/h3,5,7,9-11,20H,4,8,12H2,1-2H3. The molecule has 0 atom stereocenters. The Bertz CT molecular complexity index is 740. The number of nitrogens with one attached hydrogen (secondary N) is 1. The van der Waals surface area contributed by atoms with Crippen LogP contribution in [0, 0.1) is 25.2 Å². The Morgan fingerprint density at radius 3 is 2.54 bits per heavy atom. The average Bonchev–Trinajstić information content (AvgIpc) is 3.06. The number of anilines is 1. The second-order valence-electron chi connectivity index (χ2n) is 5.46. The molecule has 1 aromatic heterocycles. The van der Waals surface area contributed by atoms with Gasteiger partial charge in [0.15, 0.2) is 6.61 Å². The third-order valence-corrected chi connectivity index (χ3v) is 3.41. The van der Waals surface area contributed by atoms with Crippen molar-refractivity contribution in [3.8, 4) is 6.07 Å². The summed E-state index contributed by atoms with van der Waals surface area (Å²) in [6.07, 6.45) is 1.80. The molecule has 6 heteroatoms. The van der Waals surface area contributed by atoms with Gasteiger partial charge in [0.1, 0.15) is 5.69 Å². The van der Waals surface area contributed by atoms with E-state index >= 15 is 0 Å². The van der Waals surface area contributed by atoms with Crippen molar-refractivity contribution in [2.24, 2.45) is 0 Å². The molecule has 0 aliphatic rings. The van der Waals surface area contributed by atoms with Crippen LogP contribution in [0.15, 0.2) is 36.5 Å². The highest BCUT2D eigenvalue weighted by atomic mass is 16.5. The maximum Gasteiger partial charge on any atom is 0.355 e. The fraction of sp³-hybridized carbons (Fsp3) is 0.278. The van der Waals surface area contributed by atoms with Gasteiger partial charge in [-0.1, -0.05) is 6.07 Å². The molecule has 1 amide bonds. The molecule has 2 aromatic rings. The van der Waals surface area contributed by atoms with Gasteiger partial charge in [-0.2, -0.15) is 5.26 Å². The molecule has 0 fully saturated rings. The Labute approximate surface area is 140 Å². The summed E-state index contributed by atoms with van der Waals surface area (Å²) in [5.41, 5.74) is 3.02. The zero-order chi connectivity index (χ0) is 17.5. The monoisotopic (exact) mass is 325 g/mol. The molecule has 1 N–H and O–H groups in total. The van der Waals surface area contributed by atoms with E-state index < -0.39 is 5.97 Å². The van der Waals surface area contributed by atoms with E-state index in [9.17, 15) is 9.59 Å². The molecular weight excluding hydrogens is 306 g/mol. The molecule has 0 bridgehead atoms. The van der Waals surface area contributed by atoms with Crippen LogP contribution in [-0.2, 0) is 9.53 Å². The molecule has 1 aromatic carbocycles. The molecule has 0 aliphatic heterocycles. The van der Waals surface area contributed by atoms with Gasteiger partial charge in [-0.15, -0.1) is 0 Å². The number of aromatic amines is 1. The van der Waals surface area contributed by atoms with Gasteiger partial charge in [0.2, 0.25) is 0 Å². The summed E-state index contributed by atoms with van der Waals surface area (Å²) in [5, 5.41) is 8.82. The maximum atomic E-state index is 12.5. The number of benzene rings is 1. The van der Waals surface area contributed by atoms with Crippen molar-refractivity contribution < 1.29 is 14.3 Å². The Morgan fingerprint density at radius 2 is 1.96 bits per heavy atom. The second-order valence-corrected chi connectivity index (χ2v) is 5.46. The molecule has 0 radical (unpaired) electrons. The van der Waals surface area contributed by atoms with Gasteiger partial charge in [0.05, 0.1) is 12.5 Å². The lowest BCUT2D eigenvalue weighted by Gasteiger charge is -2.22. The van der Waals surface area contributed by atoms with Crippen LogP contribution in [0.2, 0.25) is 0 Å². The first-order valence-corrected chi connectivity index (χ1v) is 7.57. The van der Waals surface area contributed by atoms with Crippen LogP contribution in [0.1, 0.15) is 28.0 Å². The summed E-state index contributed by atoms with van der Waals surface area (Å²) in [4.78, 5) is 28.5. The minimum atomic E-state index is -0.589. The highest BCUT2D eigenvalue weighted by molar-refractivity contribution is 5.96. The van der Waals surface area contributed by atoms with Crippen LogP contribution in [-0.4, -0.2) is 30.0 Å². The molecular formula is C18H19N3O3. The summed E-state index contributed by atoms with van der Waals surface area (Å²) in [7, 11) is 0. The number of rotatable bonds is 6. The normalized spacial score (nSPS) is 10.0. The fourth-order valence-corrected chi connectivity index (χ4v) is 2.41. The first-order chi connectivity index (χ1) is 11.5. The van der Waals surface area contributed by atoms with Crippen molar-refractivity contribution in [2.75, 3.05) is 18.1 Å². The number of carbonyl (C=O) groups is 2. The Morgan fingerprint density at radius 1 is 1.25 bits per heavy atom. The molecule has 1 heterocycles. The largest absolute Gasteiger partial charge is 0.451 e. The number of aryl methyl sites for hydroxylation is 2. The minimum Gasteiger partial charge on any atom is -0.451 e. The number of esters is 1. The first kappa shape index (κ1) is 17.3. The maximum absolute atomic E-state index is 12.5. The van der Waals surface area contributed by atoms with E-state index in [1.165, 1.54) is 4.90 Å². The highest BCUT2D eigenvalue weighted by Crippen LogP contribution is 2.19. The molecule has 0 spiro atoms. The van der Waals surface area contributed by atoms with Crippen molar-refractivity contribution in [1.29, 1.82) is 5.26 Å². The summed E-state index contributed by atoms with van der Waals surface area (Å²) < 4.78 is 5.05. The average molecular weight is 325 g/mol. The van der Waals surface area contributed by atoms with Crippen LogP contribution < -0.4 is 4.90 Å². The zero-order valence-electron chi connectivity index (χ0n) is 13.7. The van der Waals surface area contributed by atoms with Gasteiger partial charge in [-0.25, -0.2) is 4.79 Å². The Hall–Kier alpha value is -3.07. The molecule has 0 aliphatic carbocycles. The summed E-state index contributed by atoms with van der Waals surface area (Å²) in [5.74, 6) is -0.954. The number of carbonyl (C=O) groups excluding carboxylic acids is 2. The molecule has 124 valence electrons. The predicted octanol–water partition coefficient (Wildman–Crippen LogP) is 2.74. The van der Waals surface area contributed by atoms with E-state index in [0.29, 0.717) is 5.69 Å². The lowest BCUT2D eigenvalue weighted by molar-refractivity contribution is -0.121. The SMILES string of the molecule is Cc1cc(C)cc(N(CCC#N)C(=O)COC(=O)c2ccc[nH]2)c1. The minimum absolute atomic E-state index is 0.198. The van der Waals surface area contributed by atoms with Gasteiger partial charge in [0, 0.05) is 18.4 Å². The molecule has 24 heavy (non-hydrogen) atoms. The van der Waals surface area contributed by atoms with Crippen LogP contribution in [0.3, 0.4) is 0 Å². The first-order valence-electron chi connectivity index (χ1n) is 7.57. The van der Waals surface area contributed by atoms with Crippen molar-refractivity contribution in [3.05, 3.63) is 53.3 Å². The number of amides is 1. The number of H-pyrrole nitrogens is 1. The Balaban J connectivity index is 2.10. The number of nitriles is 1. The van der Waals surface area contributed by atoms with Crippen LogP contribution in [0.5, 0.6) is 0 Å². The predicted molar refractivity (Wildman–Crippen MR) is 89.6 cm³/mol. The van der Waals surface area contributed by atoms with Crippen LogP contribution >= 0.6 is 0 Å². The van der Waals surface area contributed by atoms with Gasteiger partial charge >= 0.3 is 5.97 Å². The van der Waals surface area contributed by atoms with Gasteiger partial charge in [0.25, 0.3) is 5.91 Å². The molecule has 0 saturated heterocycles. The lowest BCUT2D eigenvalue weighted by Crippen LogP contribution is -2.35. The third-order valence-electron chi connectivity index (χ3n) is 3.41. The molecule has 6 nitrogen and oxygen atoms in total. The van der Waals surface area contributed by atoms with E-state index in [4.69, 9.17) is 10.00 Å². The number of hydrogen-bond acceptors (Lipinski definition) is 4. The topological polar surface area (TPSA) is 86.2 Å². The van der Waals surface area contributed by atoms with Gasteiger partial charge in [-0.05, 0) is 49.2 Å². The summed E-state index contributed by atoms with van der Waals surface area (Å²) in [6, 6.07) is 11.0. The fourth-order valence-electron chi connectivity index (χ4n) is 2.41. The summed E-state index contributed by atoms with van der Waals surface area (Å²) in [6.45, 7) is 3.75. The van der Waals surface area contributed by atoms with Crippen LogP contribution in [0.4, 0.5) is 5.69 Å². The second kappa shape index (κ2) is 7.97. The van der Waals surface area contributed by atoms with E-state index in [1.54, 1.807) is 18.3 Å². The number of hydrogen-bond donors (Lipinski definition) is 1. The third kappa shape index (κ3) is 4.46. The number of aromatic nitrogens is 1. The van der Waals surface area contributed by atoms with Crippen LogP contribution in [0.25, 0.3) is 0 Å². The van der Waals surface area contributed by atoms with Gasteiger partial charge < -0.3 is 14.6 Å². The van der Waals surface area contributed by atoms with E-state index in [1.807, 2.05) is 38.1 Å². The zero-order valence-corrected chi connectivity index (χ0v) is 13.7. The molecule has 2 rings (SSSR count). The van der Waals surface area contributed by atoms with E-state index in [2.05, 4.69) is 4.98 Å². The Kier molecular flexibility index (Phi) is 5.74. The highest BCUT2D eigenvalue weighted by Gasteiger charge is 2.19. The molecule has 0 saturated carbocycles. The smallest absolute Gasteiger partial charge is 0.355 e. The number of ether oxygens (including phenoxy) is 1. The van der Waals surface area contributed by atoms with Gasteiger partial charge in [-0.3, -0.25) is 4.79 Å². The lowest BCUT2D eigenvalue weighted by atomic mass is 10.1. The van der Waals surface area contributed by atoms with Crippen molar-refractivity contribution >= 4 is 17.6 Å². The molecule has 0 unspecified atom stereocenters. The summed E-state index contributed by atoms with van der Waals surface area (Å²) >= 11 is 0. The van der Waals surface area contributed by atoms with Crippen molar-refractivity contribution in [2.45, 2.75) is 20.3 Å². The number of nitrogens with zero attached hydrogens (tertiary/aromatic N) is 2. The quantitative estimate of drug-likeness (QED) is 0.827. The van der Waals surface area contributed by atoms with Crippen molar-refractivity contribution in [3.63, 3.8) is 0 Å². The van der Waals surface area contributed by atoms with E-state index in [-0.39, 0.29) is 31.2 Å². The van der Waals surface area contributed by atoms with E-state index in [0.717, 1.165) is 11.1 Å². The van der Waals surface area contributed by atoms with Crippen molar-refractivity contribution in [1.82, 2.24) is 4.98 Å².